The predicted octanol–water partition coefficient (Wildman–Crippen LogP) is 3.18. The third kappa shape index (κ3) is 7.85. The van der Waals surface area contributed by atoms with E-state index in [1.165, 1.54) is 0 Å². The Hall–Kier alpha value is -1.79. The van der Waals surface area contributed by atoms with E-state index in [1.807, 2.05) is 0 Å². The van der Waals surface area contributed by atoms with Crippen LogP contribution in [0.3, 0.4) is 0 Å². The first-order valence-corrected chi connectivity index (χ1v) is 7.54. The fourth-order valence-corrected chi connectivity index (χ4v) is 1.87. The lowest BCUT2D eigenvalue weighted by atomic mass is 10.2. The lowest BCUT2D eigenvalue weighted by Gasteiger charge is -2.17. The van der Waals surface area contributed by atoms with Crippen molar-refractivity contribution in [3.05, 3.63) is 29.8 Å². The first-order valence-electron chi connectivity index (χ1n) is 7.54. The van der Waals surface area contributed by atoms with E-state index in [4.69, 9.17) is 9.47 Å². The van der Waals surface area contributed by atoms with Gasteiger partial charge in [0.2, 0.25) is 0 Å². The van der Waals surface area contributed by atoms with Crippen molar-refractivity contribution in [1.82, 2.24) is 4.90 Å². The molecule has 0 saturated heterocycles. The number of halogens is 1. The second kappa shape index (κ2) is 11.7. The van der Waals surface area contributed by atoms with Gasteiger partial charge in [-0.1, -0.05) is 13.8 Å². The zero-order valence-electron chi connectivity index (χ0n) is 13.8. The summed E-state index contributed by atoms with van der Waals surface area (Å²) >= 11 is 0. The maximum absolute atomic E-state index is 11.9. The normalized spacial score (nSPS) is 9.91. The van der Waals surface area contributed by atoms with Gasteiger partial charge in [-0.05, 0) is 44.3 Å². The Labute approximate surface area is 143 Å². The molecule has 6 nitrogen and oxygen atoms in total. The summed E-state index contributed by atoms with van der Waals surface area (Å²) in [4.78, 5) is 25.3. The van der Waals surface area contributed by atoms with Gasteiger partial charge in [0.05, 0.1) is 12.2 Å². The lowest BCUT2D eigenvalue weighted by Crippen LogP contribution is -2.27. The minimum atomic E-state index is -0.517. The van der Waals surface area contributed by atoms with Crippen LogP contribution in [-0.4, -0.2) is 49.8 Å². The Morgan fingerprint density at radius 2 is 1.65 bits per heavy atom. The minimum Gasteiger partial charge on any atom is -0.461 e. The van der Waals surface area contributed by atoms with E-state index in [-0.39, 0.29) is 18.4 Å². The highest BCUT2D eigenvalue weighted by Crippen LogP contribution is 2.11. The molecule has 0 unspecified atom stereocenters. The molecule has 23 heavy (non-hydrogen) atoms. The molecule has 1 rings (SSSR count). The van der Waals surface area contributed by atoms with Crippen LogP contribution < -0.4 is 5.32 Å². The summed E-state index contributed by atoms with van der Waals surface area (Å²) in [5.74, 6) is -0.366. The molecule has 0 aliphatic rings. The number of amides is 1. The van der Waals surface area contributed by atoms with Gasteiger partial charge in [-0.2, -0.15) is 0 Å². The summed E-state index contributed by atoms with van der Waals surface area (Å²) in [5, 5.41) is 2.56. The molecule has 0 bridgehead atoms. The van der Waals surface area contributed by atoms with E-state index in [0.717, 1.165) is 19.6 Å². The molecule has 0 atom stereocenters. The lowest BCUT2D eigenvalue weighted by molar-refractivity contribution is 0.0466. The Bertz CT molecular complexity index is 475. The average Bonchev–Trinajstić information content (AvgIpc) is 2.52. The minimum absolute atomic E-state index is 0. The maximum atomic E-state index is 11.9. The van der Waals surface area contributed by atoms with E-state index in [0.29, 0.717) is 24.5 Å². The summed E-state index contributed by atoms with van der Waals surface area (Å²) in [5.41, 5.74) is 1.02. The first-order chi connectivity index (χ1) is 10.6. The van der Waals surface area contributed by atoms with E-state index >= 15 is 0 Å². The highest BCUT2D eigenvalue weighted by Gasteiger charge is 2.09. The quantitative estimate of drug-likeness (QED) is 0.733. The van der Waals surface area contributed by atoms with E-state index in [9.17, 15) is 9.59 Å². The van der Waals surface area contributed by atoms with Crippen molar-refractivity contribution in [2.75, 3.05) is 38.2 Å². The molecule has 0 fully saturated rings. The zero-order valence-corrected chi connectivity index (χ0v) is 14.6. The standard InChI is InChI=1S/C16H24N2O4.ClH/c1-4-18(5-2)11-12-22-15(19)13-7-9-14(10-8-13)17-16(20)21-6-3;/h7-10H,4-6,11-12H2,1-3H3,(H,17,20);1H. The Morgan fingerprint density at radius 3 is 2.17 bits per heavy atom. The van der Waals surface area contributed by atoms with Gasteiger partial charge in [0.15, 0.2) is 0 Å². The van der Waals surface area contributed by atoms with Gasteiger partial charge in [0.1, 0.15) is 6.61 Å². The number of likely N-dealkylation sites (N-methyl/N-ethyl adjacent to an activating group) is 1. The number of hydrogen-bond acceptors (Lipinski definition) is 5. The third-order valence-electron chi connectivity index (χ3n) is 3.18. The molecule has 1 amide bonds. The second-order valence-electron chi connectivity index (χ2n) is 4.59. The molecular weight excluding hydrogens is 320 g/mol. The average molecular weight is 345 g/mol. The van der Waals surface area contributed by atoms with Gasteiger partial charge in [-0.3, -0.25) is 5.32 Å². The van der Waals surface area contributed by atoms with Crippen LogP contribution in [0.4, 0.5) is 10.5 Å². The summed E-state index contributed by atoms with van der Waals surface area (Å²) in [6.45, 7) is 9.13. The Kier molecular flexibility index (Phi) is 10.8. The molecule has 130 valence electrons. The maximum Gasteiger partial charge on any atom is 0.411 e. The number of benzene rings is 1. The number of nitrogens with one attached hydrogen (secondary N) is 1. The van der Waals surface area contributed by atoms with Crippen molar-refractivity contribution >= 4 is 30.2 Å². The molecule has 7 heteroatoms. The van der Waals surface area contributed by atoms with Crippen LogP contribution in [0.1, 0.15) is 31.1 Å². The van der Waals surface area contributed by atoms with E-state index < -0.39 is 6.09 Å². The summed E-state index contributed by atoms with van der Waals surface area (Å²) in [7, 11) is 0. The first kappa shape index (κ1) is 21.2. The molecule has 0 aliphatic heterocycles. The van der Waals surface area contributed by atoms with Crippen LogP contribution in [0.5, 0.6) is 0 Å². The van der Waals surface area contributed by atoms with Gasteiger partial charge in [0.25, 0.3) is 0 Å². The fraction of sp³-hybridized carbons (Fsp3) is 0.500. The van der Waals surface area contributed by atoms with Crippen LogP contribution in [-0.2, 0) is 9.47 Å². The van der Waals surface area contributed by atoms with Crippen LogP contribution >= 0.6 is 12.4 Å². The number of hydrogen-bond donors (Lipinski definition) is 1. The van der Waals surface area contributed by atoms with Crippen molar-refractivity contribution in [2.45, 2.75) is 20.8 Å². The van der Waals surface area contributed by atoms with Crippen molar-refractivity contribution in [3.63, 3.8) is 0 Å². The van der Waals surface area contributed by atoms with Crippen LogP contribution in [0.15, 0.2) is 24.3 Å². The predicted molar refractivity (Wildman–Crippen MR) is 92.4 cm³/mol. The summed E-state index contributed by atoms with van der Waals surface area (Å²) in [6, 6.07) is 6.50. The van der Waals surface area contributed by atoms with Crippen molar-refractivity contribution < 1.29 is 19.1 Å². The van der Waals surface area contributed by atoms with Gasteiger partial charge in [-0.25, -0.2) is 9.59 Å². The van der Waals surface area contributed by atoms with E-state index in [1.54, 1.807) is 31.2 Å². The SMILES string of the molecule is CCOC(=O)Nc1ccc(C(=O)OCCN(CC)CC)cc1.Cl. The van der Waals surface area contributed by atoms with Crippen LogP contribution in [0.25, 0.3) is 0 Å². The van der Waals surface area contributed by atoms with Crippen molar-refractivity contribution in [3.8, 4) is 0 Å². The molecule has 0 heterocycles. The molecule has 0 saturated carbocycles. The molecule has 0 radical (unpaired) electrons. The monoisotopic (exact) mass is 344 g/mol. The van der Waals surface area contributed by atoms with Crippen molar-refractivity contribution in [2.24, 2.45) is 0 Å². The number of rotatable bonds is 8. The number of carbonyl (C=O) groups excluding carboxylic acids is 2. The number of esters is 1. The fourth-order valence-electron chi connectivity index (χ4n) is 1.87. The molecule has 0 spiro atoms. The van der Waals surface area contributed by atoms with Crippen LogP contribution in [0.2, 0.25) is 0 Å². The number of anilines is 1. The molecular formula is C16H25ClN2O4. The molecule has 0 aliphatic carbocycles. The highest BCUT2D eigenvalue weighted by molar-refractivity contribution is 5.91. The molecule has 1 N–H and O–H groups in total. The summed E-state index contributed by atoms with van der Waals surface area (Å²) < 4.78 is 10.0. The third-order valence-corrected chi connectivity index (χ3v) is 3.18. The highest BCUT2D eigenvalue weighted by atomic mass is 35.5. The van der Waals surface area contributed by atoms with Crippen LogP contribution in [0, 0.1) is 0 Å². The number of carbonyl (C=O) groups is 2. The molecule has 0 aromatic heterocycles. The van der Waals surface area contributed by atoms with Gasteiger partial charge in [0, 0.05) is 12.2 Å². The van der Waals surface area contributed by atoms with E-state index in [2.05, 4.69) is 24.1 Å². The zero-order chi connectivity index (χ0) is 16.4. The van der Waals surface area contributed by atoms with Gasteiger partial charge >= 0.3 is 12.1 Å². The second-order valence-corrected chi connectivity index (χ2v) is 4.59. The number of ether oxygens (including phenoxy) is 2. The van der Waals surface area contributed by atoms with Gasteiger partial charge < -0.3 is 14.4 Å². The smallest absolute Gasteiger partial charge is 0.411 e. The summed E-state index contributed by atoms with van der Waals surface area (Å²) in [6.07, 6.45) is -0.517. The largest absolute Gasteiger partial charge is 0.461 e. The van der Waals surface area contributed by atoms with Gasteiger partial charge in [-0.15, -0.1) is 12.4 Å². The number of nitrogens with zero attached hydrogens (tertiary/aromatic N) is 1. The molecule has 1 aromatic rings. The van der Waals surface area contributed by atoms with Crippen molar-refractivity contribution in [1.29, 1.82) is 0 Å². The Balaban J connectivity index is 0.00000484. The topological polar surface area (TPSA) is 67.9 Å². The Morgan fingerprint density at radius 1 is 1.04 bits per heavy atom. The molecule has 1 aromatic carbocycles.